The maximum absolute atomic E-state index is 12.6. The zero-order valence-electron chi connectivity index (χ0n) is 14.7. The number of ether oxygens (including phenoxy) is 3. The molecule has 1 saturated carbocycles. The van der Waals surface area contributed by atoms with Crippen molar-refractivity contribution in [3.05, 3.63) is 0 Å². The molecule has 0 aromatic carbocycles. The van der Waals surface area contributed by atoms with Crippen LogP contribution >= 0.6 is 0 Å². The highest BCUT2D eigenvalue weighted by atomic mass is 19.4. The molecule has 4 aliphatic heterocycles. The molecule has 25 heavy (non-hydrogen) atoms. The van der Waals surface area contributed by atoms with E-state index in [1.807, 2.05) is 6.92 Å². The summed E-state index contributed by atoms with van der Waals surface area (Å²) in [6.45, 7) is 4.51. The Bertz CT molecular complexity index is 529. The molecule has 0 aromatic rings. The Labute approximate surface area is 145 Å². The van der Waals surface area contributed by atoms with Crippen LogP contribution in [0.15, 0.2) is 0 Å². The van der Waals surface area contributed by atoms with Gasteiger partial charge in [0.15, 0.2) is 18.2 Å². The third kappa shape index (κ3) is 2.81. The second-order valence-electron chi connectivity index (χ2n) is 8.20. The minimum absolute atomic E-state index is 0.0340. The first kappa shape index (κ1) is 18.0. The normalized spacial score (nSPS) is 52.6. The fourth-order valence-corrected chi connectivity index (χ4v) is 5.24. The molecular weight excluding hydrogens is 341 g/mol. The summed E-state index contributed by atoms with van der Waals surface area (Å²) in [6, 6.07) is 0. The molecule has 0 aromatic heterocycles. The number of fused-ring (bicyclic) bond motifs is 2. The third-order valence-corrected chi connectivity index (χ3v) is 6.51. The highest BCUT2D eigenvalue weighted by Gasteiger charge is 2.69. The predicted molar refractivity (Wildman–Crippen MR) is 78.8 cm³/mol. The summed E-state index contributed by atoms with van der Waals surface area (Å²) >= 11 is 0. The van der Waals surface area contributed by atoms with Gasteiger partial charge >= 0.3 is 6.18 Å². The van der Waals surface area contributed by atoms with Crippen LogP contribution in [0, 0.1) is 23.7 Å². The highest BCUT2D eigenvalue weighted by Crippen LogP contribution is 2.60. The molecule has 0 amide bonds. The van der Waals surface area contributed by atoms with Crippen molar-refractivity contribution in [1.82, 2.24) is 0 Å². The van der Waals surface area contributed by atoms with Gasteiger partial charge in [-0.15, -0.1) is 0 Å². The van der Waals surface area contributed by atoms with Crippen molar-refractivity contribution >= 4 is 0 Å². The summed E-state index contributed by atoms with van der Waals surface area (Å²) in [5, 5.41) is 0. The van der Waals surface area contributed by atoms with Crippen LogP contribution in [0.4, 0.5) is 13.2 Å². The van der Waals surface area contributed by atoms with Crippen molar-refractivity contribution in [2.75, 3.05) is 6.61 Å². The van der Waals surface area contributed by atoms with Gasteiger partial charge in [0.25, 0.3) is 0 Å². The van der Waals surface area contributed by atoms with Crippen LogP contribution in [0.3, 0.4) is 0 Å². The van der Waals surface area contributed by atoms with Crippen LogP contribution in [0.25, 0.3) is 0 Å². The number of alkyl halides is 3. The Balaban J connectivity index is 1.65. The third-order valence-electron chi connectivity index (χ3n) is 6.51. The largest absolute Gasteiger partial charge is 0.411 e. The lowest BCUT2D eigenvalue weighted by atomic mass is 9.58. The van der Waals surface area contributed by atoms with E-state index in [0.717, 1.165) is 19.3 Å². The molecule has 5 fully saturated rings. The zero-order valence-corrected chi connectivity index (χ0v) is 14.7. The van der Waals surface area contributed by atoms with E-state index in [4.69, 9.17) is 24.0 Å². The Morgan fingerprint density at radius 1 is 1.08 bits per heavy atom. The van der Waals surface area contributed by atoms with E-state index < -0.39 is 36.8 Å². The average Bonchev–Trinajstić information content (AvgIpc) is 2.75. The van der Waals surface area contributed by atoms with Gasteiger partial charge in [0, 0.05) is 18.3 Å². The molecule has 0 radical (unpaired) electrons. The fourth-order valence-electron chi connectivity index (χ4n) is 5.24. The minimum atomic E-state index is -4.39. The van der Waals surface area contributed by atoms with E-state index in [2.05, 4.69) is 6.92 Å². The van der Waals surface area contributed by atoms with Crippen molar-refractivity contribution < 1.29 is 37.2 Å². The van der Waals surface area contributed by atoms with Crippen molar-refractivity contribution in [2.45, 2.75) is 76.6 Å². The topological polar surface area (TPSA) is 46.2 Å². The molecule has 8 atom stereocenters. The molecule has 1 aliphatic carbocycles. The van der Waals surface area contributed by atoms with Crippen LogP contribution in [-0.2, 0) is 24.0 Å². The summed E-state index contributed by atoms with van der Waals surface area (Å²) in [4.78, 5) is 11.6. The van der Waals surface area contributed by atoms with Crippen molar-refractivity contribution in [3.63, 3.8) is 0 Å². The number of halogens is 3. The Morgan fingerprint density at radius 3 is 2.56 bits per heavy atom. The maximum Gasteiger partial charge on any atom is 0.411 e. The first-order chi connectivity index (χ1) is 11.6. The Morgan fingerprint density at radius 2 is 1.84 bits per heavy atom. The van der Waals surface area contributed by atoms with Crippen LogP contribution in [0.5, 0.6) is 0 Å². The molecule has 8 heteroatoms. The molecule has 0 N–H and O–H groups in total. The molecule has 5 nitrogen and oxygen atoms in total. The van der Waals surface area contributed by atoms with Crippen LogP contribution < -0.4 is 0 Å². The van der Waals surface area contributed by atoms with Gasteiger partial charge in [-0.3, -0.25) is 0 Å². The Kier molecular flexibility index (Phi) is 4.16. The lowest BCUT2D eigenvalue weighted by molar-refractivity contribution is -0.578. The van der Waals surface area contributed by atoms with Crippen LogP contribution in [-0.4, -0.2) is 36.8 Å². The van der Waals surface area contributed by atoms with E-state index in [1.165, 1.54) is 0 Å². The second kappa shape index (κ2) is 5.79. The summed E-state index contributed by atoms with van der Waals surface area (Å²) in [5.74, 6) is -0.620. The monoisotopic (exact) mass is 366 g/mol. The molecule has 4 heterocycles. The van der Waals surface area contributed by atoms with E-state index in [9.17, 15) is 13.2 Å². The lowest BCUT2D eigenvalue weighted by Gasteiger charge is -2.60. The lowest BCUT2D eigenvalue weighted by Crippen LogP contribution is -2.70. The molecule has 5 aliphatic rings. The summed E-state index contributed by atoms with van der Waals surface area (Å²) in [6.07, 6.45) is -2.76. The van der Waals surface area contributed by atoms with Gasteiger partial charge in [0.1, 0.15) is 6.61 Å². The van der Waals surface area contributed by atoms with Crippen LogP contribution in [0.1, 0.15) is 46.5 Å². The number of hydrogen-bond acceptors (Lipinski definition) is 5. The molecular formula is C17H25F3O5. The molecule has 1 spiro atoms. The molecule has 2 unspecified atom stereocenters. The summed E-state index contributed by atoms with van der Waals surface area (Å²) in [5.41, 5.74) is -0.773. The van der Waals surface area contributed by atoms with Crippen molar-refractivity contribution in [3.8, 4) is 0 Å². The van der Waals surface area contributed by atoms with Gasteiger partial charge in [-0.1, -0.05) is 13.8 Å². The summed E-state index contributed by atoms with van der Waals surface area (Å²) in [7, 11) is 0. The van der Waals surface area contributed by atoms with Gasteiger partial charge in [-0.05, 0) is 38.0 Å². The van der Waals surface area contributed by atoms with Gasteiger partial charge < -0.3 is 14.2 Å². The van der Waals surface area contributed by atoms with Gasteiger partial charge in [-0.2, -0.15) is 13.2 Å². The molecule has 5 rings (SSSR count). The first-order valence-corrected chi connectivity index (χ1v) is 9.03. The van der Waals surface area contributed by atoms with Gasteiger partial charge in [0.05, 0.1) is 0 Å². The van der Waals surface area contributed by atoms with E-state index >= 15 is 0 Å². The van der Waals surface area contributed by atoms with Crippen molar-refractivity contribution in [2.24, 2.45) is 23.7 Å². The van der Waals surface area contributed by atoms with E-state index in [-0.39, 0.29) is 17.8 Å². The molecule has 4 saturated heterocycles. The second-order valence-corrected chi connectivity index (χ2v) is 8.20. The molecule has 2 bridgehead atoms. The fraction of sp³-hybridized carbons (Fsp3) is 1.00. The quantitative estimate of drug-likeness (QED) is 0.696. The standard InChI is InChI=1S/C17H25F3O5/c1-9-4-5-12-10(2)13(21-8-16(18,19)20)22-14-17(12)11(9)6-7-15(3,23-14)24-25-17/h9-14H,4-8H2,1-3H3/t9-,10-,11+,12?,13?,14-,15+,17-/m1/s1. The number of rotatable bonds is 2. The summed E-state index contributed by atoms with van der Waals surface area (Å²) < 4.78 is 54.8. The van der Waals surface area contributed by atoms with Crippen LogP contribution in [0.2, 0.25) is 0 Å². The smallest absolute Gasteiger partial charge is 0.343 e. The average molecular weight is 366 g/mol. The van der Waals surface area contributed by atoms with Gasteiger partial charge in [0.2, 0.25) is 5.79 Å². The van der Waals surface area contributed by atoms with Crippen molar-refractivity contribution in [1.29, 1.82) is 0 Å². The number of hydrogen-bond donors (Lipinski definition) is 0. The zero-order chi connectivity index (χ0) is 18.0. The predicted octanol–water partition coefficient (Wildman–Crippen LogP) is 3.77. The maximum atomic E-state index is 12.6. The van der Waals surface area contributed by atoms with E-state index in [0.29, 0.717) is 12.3 Å². The minimum Gasteiger partial charge on any atom is -0.343 e. The van der Waals surface area contributed by atoms with Gasteiger partial charge in [-0.25, -0.2) is 9.78 Å². The Hall–Kier alpha value is -0.410. The highest BCUT2D eigenvalue weighted by molar-refractivity contribution is 5.09. The van der Waals surface area contributed by atoms with E-state index in [1.54, 1.807) is 6.92 Å². The SMILES string of the molecule is C[C@H]1C(OCC(F)(F)F)O[C@@H]2O[C@]3(C)CC[C@H]4[C@H](C)CCC1[C@@]24OO3. The first-order valence-electron chi connectivity index (χ1n) is 9.03. The molecule has 144 valence electrons.